The molecule has 1 aliphatic heterocycles. The molecule has 1 saturated heterocycles. The van der Waals surface area contributed by atoms with Crippen LogP contribution in [0.5, 0.6) is 0 Å². The Labute approximate surface area is 78.3 Å². The summed E-state index contributed by atoms with van der Waals surface area (Å²) in [5.41, 5.74) is 0. The van der Waals surface area contributed by atoms with Crippen LogP contribution in [0.3, 0.4) is 0 Å². The molecule has 0 bridgehead atoms. The molecule has 2 heteroatoms. The fourth-order valence-corrected chi connectivity index (χ4v) is 2.60. The second kappa shape index (κ2) is 4.46. The van der Waals surface area contributed by atoms with Crippen molar-refractivity contribution >= 4 is 15.9 Å². The SMILES string of the molecule is CC1CC(C)CN(CCBr)C1. The summed E-state index contributed by atoms with van der Waals surface area (Å²) in [4.78, 5) is 2.56. The minimum atomic E-state index is 0.901. The Hall–Kier alpha value is 0.440. The van der Waals surface area contributed by atoms with E-state index in [0.717, 1.165) is 17.2 Å². The van der Waals surface area contributed by atoms with Crippen LogP contribution in [0.15, 0.2) is 0 Å². The molecule has 0 amide bonds. The lowest BCUT2D eigenvalue weighted by atomic mass is 9.92. The summed E-state index contributed by atoms with van der Waals surface area (Å²) in [6.07, 6.45) is 1.42. The first kappa shape index (κ1) is 9.53. The molecule has 1 rings (SSSR count). The third kappa shape index (κ3) is 3.12. The molecule has 1 nitrogen and oxygen atoms in total. The Bertz CT molecular complexity index is 106. The van der Waals surface area contributed by atoms with Gasteiger partial charge in [0.2, 0.25) is 0 Å². The van der Waals surface area contributed by atoms with Gasteiger partial charge in [0, 0.05) is 25.0 Å². The van der Waals surface area contributed by atoms with Gasteiger partial charge < -0.3 is 4.90 Å². The van der Waals surface area contributed by atoms with Crippen molar-refractivity contribution in [1.82, 2.24) is 4.90 Å². The summed E-state index contributed by atoms with van der Waals surface area (Å²) in [7, 11) is 0. The molecule has 1 fully saturated rings. The van der Waals surface area contributed by atoms with Crippen LogP contribution in [-0.4, -0.2) is 29.9 Å². The number of rotatable bonds is 2. The van der Waals surface area contributed by atoms with E-state index in [2.05, 4.69) is 34.7 Å². The van der Waals surface area contributed by atoms with Crippen LogP contribution in [-0.2, 0) is 0 Å². The van der Waals surface area contributed by atoms with Crippen molar-refractivity contribution in [3.8, 4) is 0 Å². The molecule has 0 aromatic carbocycles. The fourth-order valence-electron chi connectivity index (χ4n) is 2.09. The zero-order chi connectivity index (χ0) is 8.27. The van der Waals surface area contributed by atoms with E-state index >= 15 is 0 Å². The van der Waals surface area contributed by atoms with E-state index < -0.39 is 0 Å². The van der Waals surface area contributed by atoms with Gasteiger partial charge in [0.05, 0.1) is 0 Å². The number of alkyl halides is 1. The lowest BCUT2D eigenvalue weighted by molar-refractivity contribution is 0.149. The molecule has 2 atom stereocenters. The summed E-state index contributed by atoms with van der Waals surface area (Å²) in [6.45, 7) is 8.54. The van der Waals surface area contributed by atoms with E-state index in [9.17, 15) is 0 Å². The summed E-state index contributed by atoms with van der Waals surface area (Å²) in [5, 5.41) is 1.12. The first-order valence-electron chi connectivity index (χ1n) is 4.50. The molecular formula is C9H18BrN. The highest BCUT2D eigenvalue weighted by Crippen LogP contribution is 2.20. The van der Waals surface area contributed by atoms with Gasteiger partial charge in [-0.05, 0) is 18.3 Å². The van der Waals surface area contributed by atoms with Gasteiger partial charge in [-0.3, -0.25) is 0 Å². The molecule has 0 aliphatic carbocycles. The standard InChI is InChI=1S/C9H18BrN/c1-8-5-9(2)7-11(6-8)4-3-10/h8-9H,3-7H2,1-2H3. The van der Waals surface area contributed by atoms with E-state index in [1.54, 1.807) is 0 Å². The number of nitrogens with zero attached hydrogens (tertiary/aromatic N) is 1. The van der Waals surface area contributed by atoms with E-state index in [-0.39, 0.29) is 0 Å². The maximum Gasteiger partial charge on any atom is 0.0159 e. The summed E-state index contributed by atoms with van der Waals surface area (Å²) in [5.74, 6) is 1.80. The zero-order valence-electron chi connectivity index (χ0n) is 7.52. The second-order valence-corrected chi connectivity index (χ2v) is 4.69. The molecule has 0 spiro atoms. The van der Waals surface area contributed by atoms with Crippen LogP contribution in [0.25, 0.3) is 0 Å². The number of likely N-dealkylation sites (tertiary alicyclic amines) is 1. The van der Waals surface area contributed by atoms with Gasteiger partial charge in [0.1, 0.15) is 0 Å². The zero-order valence-corrected chi connectivity index (χ0v) is 9.10. The largest absolute Gasteiger partial charge is 0.302 e. The van der Waals surface area contributed by atoms with Gasteiger partial charge in [0.15, 0.2) is 0 Å². The first-order chi connectivity index (χ1) is 5.22. The van der Waals surface area contributed by atoms with Crippen molar-refractivity contribution in [3.63, 3.8) is 0 Å². The highest BCUT2D eigenvalue weighted by atomic mass is 79.9. The highest BCUT2D eigenvalue weighted by Gasteiger charge is 2.20. The monoisotopic (exact) mass is 219 g/mol. The Morgan fingerprint density at radius 1 is 1.27 bits per heavy atom. The molecule has 0 N–H and O–H groups in total. The van der Waals surface area contributed by atoms with Crippen LogP contribution in [0.4, 0.5) is 0 Å². The van der Waals surface area contributed by atoms with Gasteiger partial charge in [-0.1, -0.05) is 29.8 Å². The molecule has 2 unspecified atom stereocenters. The molecule has 66 valence electrons. The average molecular weight is 220 g/mol. The third-order valence-corrected chi connectivity index (χ3v) is 2.70. The number of halogens is 1. The molecule has 1 aliphatic rings. The second-order valence-electron chi connectivity index (χ2n) is 3.89. The molecule has 0 aromatic rings. The van der Waals surface area contributed by atoms with E-state index in [0.29, 0.717) is 0 Å². The number of hydrogen-bond donors (Lipinski definition) is 0. The fraction of sp³-hybridized carbons (Fsp3) is 1.00. The van der Waals surface area contributed by atoms with Crippen LogP contribution in [0, 0.1) is 11.8 Å². The van der Waals surface area contributed by atoms with E-state index in [1.807, 2.05) is 0 Å². The van der Waals surface area contributed by atoms with Crippen molar-refractivity contribution in [2.75, 3.05) is 25.0 Å². The van der Waals surface area contributed by atoms with Crippen molar-refractivity contribution < 1.29 is 0 Å². The number of hydrogen-bond acceptors (Lipinski definition) is 1. The van der Waals surface area contributed by atoms with Crippen LogP contribution in [0.1, 0.15) is 20.3 Å². The third-order valence-electron chi connectivity index (χ3n) is 2.35. The predicted octanol–water partition coefficient (Wildman–Crippen LogP) is 2.36. The average Bonchev–Trinajstić information content (AvgIpc) is 1.85. The molecule has 0 saturated carbocycles. The van der Waals surface area contributed by atoms with Gasteiger partial charge in [-0.25, -0.2) is 0 Å². The van der Waals surface area contributed by atoms with E-state index in [4.69, 9.17) is 0 Å². The quantitative estimate of drug-likeness (QED) is 0.646. The Morgan fingerprint density at radius 2 is 1.82 bits per heavy atom. The Balaban J connectivity index is 2.30. The topological polar surface area (TPSA) is 3.24 Å². The van der Waals surface area contributed by atoms with Crippen LogP contribution in [0.2, 0.25) is 0 Å². The van der Waals surface area contributed by atoms with Crippen molar-refractivity contribution in [2.45, 2.75) is 20.3 Å². The maximum atomic E-state index is 3.48. The maximum absolute atomic E-state index is 3.48. The molecule has 1 heterocycles. The van der Waals surface area contributed by atoms with Crippen LogP contribution < -0.4 is 0 Å². The highest BCUT2D eigenvalue weighted by molar-refractivity contribution is 9.09. The molecule has 0 aromatic heterocycles. The van der Waals surface area contributed by atoms with Crippen molar-refractivity contribution in [2.24, 2.45) is 11.8 Å². The van der Waals surface area contributed by atoms with Crippen molar-refractivity contribution in [1.29, 1.82) is 0 Å². The first-order valence-corrected chi connectivity index (χ1v) is 5.63. The smallest absolute Gasteiger partial charge is 0.0159 e. The minimum absolute atomic E-state index is 0.901. The van der Waals surface area contributed by atoms with Gasteiger partial charge in [-0.15, -0.1) is 0 Å². The molecular weight excluding hydrogens is 202 g/mol. The van der Waals surface area contributed by atoms with Gasteiger partial charge >= 0.3 is 0 Å². The lowest BCUT2D eigenvalue weighted by Crippen LogP contribution is -2.39. The van der Waals surface area contributed by atoms with Crippen LogP contribution >= 0.6 is 15.9 Å². The summed E-state index contributed by atoms with van der Waals surface area (Å²) in [6, 6.07) is 0. The summed E-state index contributed by atoms with van der Waals surface area (Å²) >= 11 is 3.48. The molecule has 0 radical (unpaired) electrons. The minimum Gasteiger partial charge on any atom is -0.302 e. The Kier molecular flexibility index (Phi) is 3.86. The van der Waals surface area contributed by atoms with Crippen molar-refractivity contribution in [3.05, 3.63) is 0 Å². The molecule has 11 heavy (non-hydrogen) atoms. The summed E-state index contributed by atoms with van der Waals surface area (Å²) < 4.78 is 0. The van der Waals surface area contributed by atoms with Gasteiger partial charge in [-0.2, -0.15) is 0 Å². The number of piperidine rings is 1. The van der Waals surface area contributed by atoms with Gasteiger partial charge in [0.25, 0.3) is 0 Å². The normalized spacial score (nSPS) is 34.1. The van der Waals surface area contributed by atoms with E-state index in [1.165, 1.54) is 26.1 Å². The lowest BCUT2D eigenvalue weighted by Gasteiger charge is -2.34. The predicted molar refractivity (Wildman–Crippen MR) is 53.2 cm³/mol. The Morgan fingerprint density at radius 3 is 2.27 bits per heavy atom.